The van der Waals surface area contributed by atoms with Gasteiger partial charge in [-0.25, -0.2) is 4.79 Å². The summed E-state index contributed by atoms with van der Waals surface area (Å²) in [5, 5.41) is 26.5. The third-order valence-corrected chi connectivity index (χ3v) is 2.92. The summed E-state index contributed by atoms with van der Waals surface area (Å²) in [7, 11) is 0. The number of hydrogen-bond donors (Lipinski definition) is 3. The molecule has 20 heavy (non-hydrogen) atoms. The lowest BCUT2D eigenvalue weighted by Gasteiger charge is -2.20. The highest BCUT2D eigenvalue weighted by Crippen LogP contribution is 2.08. The highest BCUT2D eigenvalue weighted by atomic mass is 16.4. The van der Waals surface area contributed by atoms with Crippen molar-refractivity contribution in [3.63, 3.8) is 0 Å². The van der Waals surface area contributed by atoms with Crippen LogP contribution in [0.15, 0.2) is 24.3 Å². The zero-order valence-corrected chi connectivity index (χ0v) is 11.2. The summed E-state index contributed by atoms with van der Waals surface area (Å²) in [5.41, 5.74) is 1.08. The molecule has 0 radical (unpaired) electrons. The average molecular weight is 281 g/mol. The number of amides is 1. The molecule has 6 nitrogen and oxygen atoms in total. The van der Waals surface area contributed by atoms with E-state index in [2.05, 4.69) is 0 Å². The van der Waals surface area contributed by atoms with Gasteiger partial charge >= 0.3 is 5.97 Å². The van der Waals surface area contributed by atoms with Crippen molar-refractivity contribution in [2.75, 3.05) is 26.3 Å². The van der Waals surface area contributed by atoms with Gasteiger partial charge in [0.1, 0.15) is 0 Å². The van der Waals surface area contributed by atoms with Gasteiger partial charge in [-0.3, -0.25) is 4.79 Å². The number of aliphatic hydroxyl groups is 2. The SMILES string of the molecule is O=C(O)c1ccc(CCC(=O)N(CCO)CCO)cc1. The molecule has 0 aliphatic rings. The number of aromatic carboxylic acids is 1. The Labute approximate surface area is 117 Å². The van der Waals surface area contributed by atoms with Crippen LogP contribution in [-0.2, 0) is 11.2 Å². The maximum absolute atomic E-state index is 11.9. The number of carbonyl (C=O) groups is 2. The molecule has 0 saturated carbocycles. The molecule has 0 aliphatic heterocycles. The monoisotopic (exact) mass is 281 g/mol. The molecule has 0 fully saturated rings. The fraction of sp³-hybridized carbons (Fsp3) is 0.429. The number of carboxylic acids is 1. The minimum Gasteiger partial charge on any atom is -0.478 e. The second kappa shape index (κ2) is 8.29. The van der Waals surface area contributed by atoms with Crippen LogP contribution in [0.1, 0.15) is 22.3 Å². The lowest BCUT2D eigenvalue weighted by atomic mass is 10.1. The predicted octanol–water partition coefficient (Wildman–Crippen LogP) is 0.131. The van der Waals surface area contributed by atoms with Gasteiger partial charge in [0.25, 0.3) is 0 Å². The number of carboxylic acid groups (broad SMARTS) is 1. The Morgan fingerprint density at radius 1 is 1.00 bits per heavy atom. The van der Waals surface area contributed by atoms with Crippen LogP contribution in [0.4, 0.5) is 0 Å². The summed E-state index contributed by atoms with van der Waals surface area (Å²) in [4.78, 5) is 24.0. The molecule has 1 aromatic carbocycles. The number of aliphatic hydroxyl groups excluding tert-OH is 2. The minimum atomic E-state index is -0.982. The molecule has 0 spiro atoms. The largest absolute Gasteiger partial charge is 0.478 e. The first-order valence-electron chi connectivity index (χ1n) is 6.40. The zero-order valence-electron chi connectivity index (χ0n) is 11.2. The van der Waals surface area contributed by atoms with Crippen LogP contribution in [0.5, 0.6) is 0 Å². The molecule has 0 aliphatic carbocycles. The van der Waals surface area contributed by atoms with E-state index in [1.165, 1.54) is 17.0 Å². The number of hydrogen-bond acceptors (Lipinski definition) is 4. The van der Waals surface area contributed by atoms with Crippen LogP contribution >= 0.6 is 0 Å². The van der Waals surface area contributed by atoms with Crippen molar-refractivity contribution in [2.24, 2.45) is 0 Å². The summed E-state index contributed by atoms with van der Waals surface area (Å²) < 4.78 is 0. The van der Waals surface area contributed by atoms with E-state index in [1.54, 1.807) is 12.1 Å². The van der Waals surface area contributed by atoms with Crippen LogP contribution in [0, 0.1) is 0 Å². The smallest absolute Gasteiger partial charge is 0.335 e. The number of rotatable bonds is 8. The second-order valence-electron chi connectivity index (χ2n) is 4.33. The van der Waals surface area contributed by atoms with E-state index >= 15 is 0 Å². The van der Waals surface area contributed by atoms with Gasteiger partial charge in [-0.1, -0.05) is 12.1 Å². The molecule has 0 heterocycles. The summed E-state index contributed by atoms with van der Waals surface area (Å²) in [6.07, 6.45) is 0.749. The Bertz CT molecular complexity index is 437. The first kappa shape index (κ1) is 16.1. The van der Waals surface area contributed by atoms with Gasteiger partial charge < -0.3 is 20.2 Å². The first-order chi connectivity index (χ1) is 9.58. The molecular formula is C14H19NO5. The Hall–Kier alpha value is -1.92. The van der Waals surface area contributed by atoms with E-state index in [-0.39, 0.29) is 44.2 Å². The fourth-order valence-electron chi connectivity index (χ4n) is 1.83. The van der Waals surface area contributed by atoms with Crippen molar-refractivity contribution in [2.45, 2.75) is 12.8 Å². The van der Waals surface area contributed by atoms with Crippen molar-refractivity contribution in [1.29, 1.82) is 0 Å². The first-order valence-corrected chi connectivity index (χ1v) is 6.40. The Balaban J connectivity index is 2.52. The highest BCUT2D eigenvalue weighted by molar-refractivity contribution is 5.87. The van der Waals surface area contributed by atoms with E-state index in [4.69, 9.17) is 15.3 Å². The van der Waals surface area contributed by atoms with E-state index in [0.717, 1.165) is 5.56 Å². The molecule has 0 bridgehead atoms. The Morgan fingerprint density at radius 3 is 2.00 bits per heavy atom. The fourth-order valence-corrected chi connectivity index (χ4v) is 1.83. The Kier molecular flexibility index (Phi) is 6.69. The van der Waals surface area contributed by atoms with Crippen LogP contribution in [-0.4, -0.2) is 58.4 Å². The molecule has 1 amide bonds. The van der Waals surface area contributed by atoms with Crippen molar-refractivity contribution in [3.05, 3.63) is 35.4 Å². The summed E-state index contributed by atoms with van der Waals surface area (Å²) in [6, 6.07) is 6.36. The number of aryl methyl sites for hydroxylation is 1. The molecule has 1 aromatic rings. The molecule has 0 saturated heterocycles. The minimum absolute atomic E-state index is 0.140. The molecule has 6 heteroatoms. The zero-order chi connectivity index (χ0) is 15.0. The standard InChI is InChI=1S/C14H19NO5/c16-9-7-15(8-10-17)13(18)6-3-11-1-4-12(5-2-11)14(19)20/h1-2,4-5,16-17H,3,6-10H2,(H,19,20). The Morgan fingerprint density at radius 2 is 1.55 bits per heavy atom. The van der Waals surface area contributed by atoms with Crippen molar-refractivity contribution in [3.8, 4) is 0 Å². The molecular weight excluding hydrogens is 262 g/mol. The van der Waals surface area contributed by atoms with Gasteiger partial charge in [-0.2, -0.15) is 0 Å². The van der Waals surface area contributed by atoms with Gasteiger partial charge in [-0.15, -0.1) is 0 Å². The molecule has 0 unspecified atom stereocenters. The molecule has 1 rings (SSSR count). The van der Waals surface area contributed by atoms with Crippen molar-refractivity contribution < 1.29 is 24.9 Å². The molecule has 3 N–H and O–H groups in total. The van der Waals surface area contributed by atoms with E-state index in [0.29, 0.717) is 6.42 Å². The summed E-state index contributed by atoms with van der Waals surface area (Å²) in [6.45, 7) is 0.132. The second-order valence-corrected chi connectivity index (χ2v) is 4.33. The lowest BCUT2D eigenvalue weighted by Crippen LogP contribution is -2.35. The maximum atomic E-state index is 11.9. The van der Waals surface area contributed by atoms with Crippen molar-refractivity contribution >= 4 is 11.9 Å². The number of benzene rings is 1. The summed E-state index contributed by atoms with van der Waals surface area (Å²) in [5.74, 6) is -1.12. The third kappa shape index (κ3) is 4.99. The quantitative estimate of drug-likeness (QED) is 0.629. The number of nitrogens with zero attached hydrogens (tertiary/aromatic N) is 1. The van der Waals surface area contributed by atoms with Crippen LogP contribution in [0.3, 0.4) is 0 Å². The van der Waals surface area contributed by atoms with Gasteiger partial charge in [0, 0.05) is 19.5 Å². The van der Waals surface area contributed by atoms with Gasteiger partial charge in [0.2, 0.25) is 5.91 Å². The van der Waals surface area contributed by atoms with Crippen LogP contribution in [0.25, 0.3) is 0 Å². The maximum Gasteiger partial charge on any atom is 0.335 e. The summed E-state index contributed by atoms with van der Waals surface area (Å²) >= 11 is 0. The van der Waals surface area contributed by atoms with E-state index in [9.17, 15) is 9.59 Å². The lowest BCUT2D eigenvalue weighted by molar-refractivity contribution is -0.132. The van der Waals surface area contributed by atoms with Crippen LogP contribution in [0.2, 0.25) is 0 Å². The van der Waals surface area contributed by atoms with E-state index < -0.39 is 5.97 Å². The van der Waals surface area contributed by atoms with Gasteiger partial charge in [0.05, 0.1) is 18.8 Å². The number of carbonyl (C=O) groups excluding carboxylic acids is 1. The van der Waals surface area contributed by atoms with E-state index in [1.807, 2.05) is 0 Å². The average Bonchev–Trinajstić information content (AvgIpc) is 2.45. The predicted molar refractivity (Wildman–Crippen MR) is 72.5 cm³/mol. The van der Waals surface area contributed by atoms with Gasteiger partial charge in [0.15, 0.2) is 0 Å². The molecule has 0 atom stereocenters. The topological polar surface area (TPSA) is 98.1 Å². The molecule has 0 aromatic heterocycles. The van der Waals surface area contributed by atoms with Gasteiger partial charge in [-0.05, 0) is 24.1 Å². The molecule has 110 valence electrons. The third-order valence-electron chi connectivity index (χ3n) is 2.92. The van der Waals surface area contributed by atoms with Crippen molar-refractivity contribution in [1.82, 2.24) is 4.90 Å². The normalized spacial score (nSPS) is 10.3. The highest BCUT2D eigenvalue weighted by Gasteiger charge is 2.12. The van der Waals surface area contributed by atoms with Crippen LogP contribution < -0.4 is 0 Å².